The summed E-state index contributed by atoms with van der Waals surface area (Å²) >= 11 is 0. The zero-order valence-electron chi connectivity index (χ0n) is 21.1. The van der Waals surface area contributed by atoms with E-state index in [1.54, 1.807) is 0 Å². The molecule has 0 saturated heterocycles. The first-order chi connectivity index (χ1) is 17.8. The van der Waals surface area contributed by atoms with Gasteiger partial charge in [0.2, 0.25) is 23.6 Å². The normalized spacial score (nSPS) is 13.7. The summed E-state index contributed by atoms with van der Waals surface area (Å²) in [4.78, 5) is 75.6. The summed E-state index contributed by atoms with van der Waals surface area (Å²) in [5.74, 6) is -6.45. The first-order valence-electron chi connectivity index (χ1n) is 11.9. The van der Waals surface area contributed by atoms with Crippen LogP contribution in [0.5, 0.6) is 0 Å². The van der Waals surface area contributed by atoms with E-state index in [0.717, 1.165) is 0 Å². The van der Waals surface area contributed by atoms with Crippen molar-refractivity contribution in [2.24, 2.45) is 33.7 Å². The monoisotopic (exact) mass is 545 g/mol. The Morgan fingerprint density at radius 2 is 1.29 bits per heavy atom. The smallest absolute Gasteiger partial charge is 0.326 e. The zero-order valence-corrected chi connectivity index (χ0v) is 21.1. The number of nitrogens with two attached hydrogens (primary N) is 5. The van der Waals surface area contributed by atoms with E-state index in [4.69, 9.17) is 33.8 Å². The van der Waals surface area contributed by atoms with Gasteiger partial charge in [0.1, 0.15) is 18.1 Å². The number of aliphatic carboxylic acids is 2. The first-order valence-corrected chi connectivity index (χ1v) is 11.9. The Bertz CT molecular complexity index is 864. The molecular weight excluding hydrogens is 506 g/mol. The number of carbonyl (C=O) groups is 6. The van der Waals surface area contributed by atoms with Crippen LogP contribution in [0.2, 0.25) is 0 Å². The number of carboxylic acids is 2. The zero-order chi connectivity index (χ0) is 29.3. The topological polar surface area (TPSA) is 321 Å². The molecule has 0 radical (unpaired) electrons. The maximum atomic E-state index is 13.0. The van der Waals surface area contributed by atoms with Crippen molar-refractivity contribution < 1.29 is 39.0 Å². The average Bonchev–Trinajstić information content (AvgIpc) is 2.82. The lowest BCUT2D eigenvalue weighted by Crippen LogP contribution is -2.57. The Hall–Kier alpha value is -3.99. The summed E-state index contributed by atoms with van der Waals surface area (Å²) < 4.78 is 0. The van der Waals surface area contributed by atoms with Crippen molar-refractivity contribution in [1.82, 2.24) is 16.0 Å². The van der Waals surface area contributed by atoms with Crippen LogP contribution in [0.25, 0.3) is 0 Å². The number of primary amides is 1. The Morgan fingerprint density at radius 3 is 1.79 bits per heavy atom. The Morgan fingerprint density at radius 1 is 0.737 bits per heavy atom. The van der Waals surface area contributed by atoms with Crippen LogP contribution in [0.4, 0.5) is 0 Å². The molecule has 0 aromatic rings. The van der Waals surface area contributed by atoms with Gasteiger partial charge in [-0.3, -0.25) is 29.0 Å². The van der Waals surface area contributed by atoms with Crippen LogP contribution in [-0.4, -0.2) is 89.0 Å². The van der Waals surface area contributed by atoms with Crippen molar-refractivity contribution >= 4 is 41.5 Å². The molecule has 0 aromatic carbocycles. The van der Waals surface area contributed by atoms with Crippen molar-refractivity contribution in [2.75, 3.05) is 13.1 Å². The molecule has 0 aromatic heterocycles. The van der Waals surface area contributed by atoms with Crippen molar-refractivity contribution in [3.63, 3.8) is 0 Å². The second-order valence-electron chi connectivity index (χ2n) is 8.46. The predicted molar refractivity (Wildman–Crippen MR) is 135 cm³/mol. The second kappa shape index (κ2) is 18.3. The van der Waals surface area contributed by atoms with Crippen molar-refractivity contribution in [3.05, 3.63) is 0 Å². The number of carbonyl (C=O) groups excluding carboxylic acids is 4. The molecule has 0 aliphatic heterocycles. The van der Waals surface area contributed by atoms with E-state index in [-0.39, 0.29) is 25.3 Å². The van der Waals surface area contributed by atoms with E-state index in [9.17, 15) is 33.9 Å². The highest BCUT2D eigenvalue weighted by Gasteiger charge is 2.31. The lowest BCUT2D eigenvalue weighted by atomic mass is 10.0. The van der Waals surface area contributed by atoms with E-state index in [1.165, 1.54) is 0 Å². The SMILES string of the molecule is NCCCCC(NC(=O)C(N)CCCN=C(N)N)C(=O)NC(CCC(=O)O)C(=O)NC(CC(N)=O)C(=O)O. The second-order valence-corrected chi connectivity index (χ2v) is 8.46. The summed E-state index contributed by atoms with van der Waals surface area (Å²) in [6.45, 7) is 0.573. The molecule has 15 N–H and O–H groups in total. The molecule has 17 heteroatoms. The van der Waals surface area contributed by atoms with Gasteiger partial charge in [-0.15, -0.1) is 0 Å². The number of nitrogens with one attached hydrogen (secondary N) is 3. The number of carboxylic acid groups (broad SMARTS) is 2. The summed E-state index contributed by atoms with van der Waals surface area (Å²) in [5, 5.41) is 25.2. The number of guanidine groups is 1. The summed E-state index contributed by atoms with van der Waals surface area (Å²) in [5.41, 5.74) is 26.9. The molecule has 0 aliphatic carbocycles. The number of hydrogen-bond donors (Lipinski definition) is 10. The van der Waals surface area contributed by atoms with Crippen LogP contribution in [-0.2, 0) is 28.8 Å². The number of hydrogen-bond acceptors (Lipinski definition) is 9. The van der Waals surface area contributed by atoms with Crippen LogP contribution in [0.15, 0.2) is 4.99 Å². The summed E-state index contributed by atoms with van der Waals surface area (Å²) in [6.07, 6.45) is 0.0206. The Kier molecular flexibility index (Phi) is 16.4. The Balaban J connectivity index is 5.53. The fourth-order valence-corrected chi connectivity index (χ4v) is 3.17. The van der Waals surface area contributed by atoms with Gasteiger partial charge in [-0.05, 0) is 45.1 Å². The summed E-state index contributed by atoms with van der Waals surface area (Å²) in [6, 6.07) is -5.33. The van der Waals surface area contributed by atoms with Gasteiger partial charge in [-0.1, -0.05) is 0 Å². The van der Waals surface area contributed by atoms with Gasteiger partial charge in [0.05, 0.1) is 12.5 Å². The van der Waals surface area contributed by atoms with Gasteiger partial charge in [0.25, 0.3) is 0 Å². The quantitative estimate of drug-likeness (QED) is 0.0395. The third-order valence-electron chi connectivity index (χ3n) is 5.18. The molecule has 0 saturated carbocycles. The standard InChI is InChI=1S/C21H39N9O8/c22-8-2-1-5-12(28-17(34)11(23)4-3-9-27-21(25)26)18(35)29-13(6-7-16(32)33)19(36)30-14(20(37)38)10-15(24)31/h11-14H,1-10,22-23H2,(H2,24,31)(H,28,34)(H,29,35)(H,30,36)(H,32,33)(H,37,38)(H4,25,26,27). The highest BCUT2D eigenvalue weighted by Crippen LogP contribution is 2.06. The number of rotatable bonds is 20. The number of amides is 4. The third kappa shape index (κ3) is 15.2. The predicted octanol–water partition coefficient (Wildman–Crippen LogP) is -4.22. The fraction of sp³-hybridized carbons (Fsp3) is 0.667. The molecule has 0 fully saturated rings. The van der Waals surface area contributed by atoms with Crippen LogP contribution >= 0.6 is 0 Å². The molecule has 4 amide bonds. The largest absolute Gasteiger partial charge is 0.481 e. The van der Waals surface area contributed by atoms with Crippen molar-refractivity contribution in [1.29, 1.82) is 0 Å². The highest BCUT2D eigenvalue weighted by molar-refractivity contribution is 5.95. The molecule has 4 atom stereocenters. The molecular formula is C21H39N9O8. The maximum absolute atomic E-state index is 13.0. The van der Waals surface area contributed by atoms with Crippen LogP contribution in [0.3, 0.4) is 0 Å². The van der Waals surface area contributed by atoms with Gasteiger partial charge in [0, 0.05) is 13.0 Å². The Labute approximate surface area is 219 Å². The molecule has 38 heavy (non-hydrogen) atoms. The molecule has 216 valence electrons. The molecule has 0 rings (SSSR count). The molecule has 0 aliphatic rings. The molecule has 4 unspecified atom stereocenters. The average molecular weight is 546 g/mol. The minimum Gasteiger partial charge on any atom is -0.481 e. The van der Waals surface area contributed by atoms with E-state index in [1.807, 2.05) is 0 Å². The molecule has 0 bridgehead atoms. The van der Waals surface area contributed by atoms with Crippen LogP contribution in [0, 0.1) is 0 Å². The summed E-state index contributed by atoms with van der Waals surface area (Å²) in [7, 11) is 0. The number of nitrogens with zero attached hydrogens (tertiary/aromatic N) is 1. The first kappa shape index (κ1) is 34.0. The van der Waals surface area contributed by atoms with Gasteiger partial charge in [-0.2, -0.15) is 0 Å². The fourth-order valence-electron chi connectivity index (χ4n) is 3.17. The number of aliphatic imine (C=N–C) groups is 1. The molecule has 0 heterocycles. The lowest BCUT2D eigenvalue weighted by Gasteiger charge is -2.25. The van der Waals surface area contributed by atoms with E-state index in [2.05, 4.69) is 20.9 Å². The van der Waals surface area contributed by atoms with E-state index >= 15 is 0 Å². The minimum absolute atomic E-state index is 0.106. The minimum atomic E-state index is -1.69. The van der Waals surface area contributed by atoms with Gasteiger partial charge in [-0.25, -0.2) is 4.79 Å². The van der Waals surface area contributed by atoms with Crippen LogP contribution in [0.1, 0.15) is 51.4 Å². The van der Waals surface area contributed by atoms with Gasteiger partial charge < -0.3 is 54.8 Å². The molecule has 0 spiro atoms. The highest BCUT2D eigenvalue weighted by atomic mass is 16.4. The van der Waals surface area contributed by atoms with Crippen molar-refractivity contribution in [3.8, 4) is 0 Å². The maximum Gasteiger partial charge on any atom is 0.326 e. The van der Waals surface area contributed by atoms with E-state index in [0.29, 0.717) is 25.8 Å². The van der Waals surface area contributed by atoms with Gasteiger partial charge >= 0.3 is 11.9 Å². The van der Waals surface area contributed by atoms with Crippen molar-refractivity contribution in [2.45, 2.75) is 75.5 Å². The molecule has 17 nitrogen and oxygen atoms in total. The van der Waals surface area contributed by atoms with Gasteiger partial charge in [0.15, 0.2) is 5.96 Å². The van der Waals surface area contributed by atoms with Crippen LogP contribution < -0.4 is 44.6 Å². The number of unbranched alkanes of at least 4 members (excludes halogenated alkanes) is 1. The third-order valence-corrected chi connectivity index (χ3v) is 5.18. The lowest BCUT2D eigenvalue weighted by molar-refractivity contribution is -0.144. The van der Waals surface area contributed by atoms with E-state index < -0.39 is 79.0 Å².